The Morgan fingerprint density at radius 1 is 1.08 bits per heavy atom. The molecule has 3 heterocycles. The van der Waals surface area contributed by atoms with E-state index < -0.39 is 17.9 Å². The Kier molecular flexibility index (Phi) is 7.05. The molecule has 1 aliphatic heterocycles. The first kappa shape index (κ1) is 26.3. The predicted octanol–water partition coefficient (Wildman–Crippen LogP) is 5.06. The van der Waals surface area contributed by atoms with Crippen LogP contribution in [0.25, 0.3) is 5.00 Å². The molecule has 5 rings (SSSR count). The number of anilines is 1. The monoisotopic (exact) mass is 543 g/mol. The third kappa shape index (κ3) is 4.95. The number of aliphatic carboxylic acids is 1. The summed E-state index contributed by atoms with van der Waals surface area (Å²) in [4.78, 5) is 30.9. The fourth-order valence-electron chi connectivity index (χ4n) is 4.66. The molecule has 200 valence electrons. The lowest BCUT2D eigenvalue weighted by Gasteiger charge is -2.16. The molecule has 4 aromatic rings. The molecule has 1 amide bonds. The Morgan fingerprint density at radius 2 is 1.77 bits per heavy atom. The van der Waals surface area contributed by atoms with Crippen LogP contribution in [-0.4, -0.2) is 44.6 Å². The number of fused-ring (bicyclic) bond motifs is 3. The van der Waals surface area contributed by atoms with Crippen molar-refractivity contribution in [3.63, 3.8) is 0 Å². The summed E-state index contributed by atoms with van der Waals surface area (Å²) < 4.78 is 7.11. The van der Waals surface area contributed by atoms with Gasteiger partial charge in [-0.15, -0.1) is 21.5 Å². The highest BCUT2D eigenvalue weighted by Crippen LogP contribution is 2.40. The lowest BCUT2D eigenvalue weighted by atomic mass is 9.98. The number of thiophene rings is 1. The fraction of sp³-hybridized carbons (Fsp3) is 0.276. The molecule has 0 fully saturated rings. The molecule has 1 unspecified atom stereocenters. The molecule has 39 heavy (non-hydrogen) atoms. The molecule has 10 heteroatoms. The molecule has 9 nitrogen and oxygen atoms in total. The van der Waals surface area contributed by atoms with E-state index in [0.717, 1.165) is 37.9 Å². The van der Waals surface area contributed by atoms with Gasteiger partial charge in [-0.25, -0.2) is 0 Å². The molecule has 2 atom stereocenters. The van der Waals surface area contributed by atoms with Crippen molar-refractivity contribution in [1.82, 2.24) is 14.8 Å². The van der Waals surface area contributed by atoms with Gasteiger partial charge in [0.05, 0.1) is 25.2 Å². The average Bonchev–Trinajstić information content (AvgIpc) is 3.39. The normalized spacial score (nSPS) is 15.0. The highest BCUT2D eigenvalue weighted by Gasteiger charge is 2.36. The van der Waals surface area contributed by atoms with Gasteiger partial charge in [0.1, 0.15) is 22.6 Å². The minimum Gasteiger partial charge on any atom is -0.497 e. The van der Waals surface area contributed by atoms with Crippen LogP contribution < -0.4 is 10.1 Å². The van der Waals surface area contributed by atoms with Crippen molar-refractivity contribution in [3.8, 4) is 10.8 Å². The van der Waals surface area contributed by atoms with Gasteiger partial charge in [-0.2, -0.15) is 0 Å². The van der Waals surface area contributed by atoms with Crippen molar-refractivity contribution in [3.05, 3.63) is 87.3 Å². The summed E-state index contributed by atoms with van der Waals surface area (Å²) in [7, 11) is 1.60. The summed E-state index contributed by atoms with van der Waals surface area (Å²) in [5, 5.41) is 22.3. The molecular weight excluding hydrogens is 514 g/mol. The molecule has 0 bridgehead atoms. The Morgan fingerprint density at radius 3 is 2.41 bits per heavy atom. The van der Waals surface area contributed by atoms with Crippen LogP contribution in [0.5, 0.6) is 5.75 Å². The third-order valence-electron chi connectivity index (χ3n) is 7.02. The molecule has 2 aromatic heterocycles. The van der Waals surface area contributed by atoms with Gasteiger partial charge in [0.15, 0.2) is 5.82 Å². The van der Waals surface area contributed by atoms with Crippen LogP contribution in [0.15, 0.2) is 53.5 Å². The topological polar surface area (TPSA) is 119 Å². The Labute approximate surface area is 230 Å². The van der Waals surface area contributed by atoms with E-state index in [0.29, 0.717) is 23.0 Å². The van der Waals surface area contributed by atoms with Crippen molar-refractivity contribution < 1.29 is 19.4 Å². The van der Waals surface area contributed by atoms with E-state index in [-0.39, 0.29) is 12.3 Å². The average molecular weight is 544 g/mol. The number of carboxylic acids is 1. The van der Waals surface area contributed by atoms with E-state index in [4.69, 9.17) is 9.73 Å². The molecule has 0 saturated carbocycles. The number of hydrogen-bond acceptors (Lipinski definition) is 7. The lowest BCUT2D eigenvalue weighted by Crippen LogP contribution is -2.21. The zero-order valence-corrected chi connectivity index (χ0v) is 23.2. The number of aryl methyl sites for hydroxylation is 2. The first-order valence-electron chi connectivity index (χ1n) is 12.5. The van der Waals surface area contributed by atoms with Crippen molar-refractivity contribution in [1.29, 1.82) is 0 Å². The summed E-state index contributed by atoms with van der Waals surface area (Å²) in [6.45, 7) is 7.61. The second-order valence-corrected chi connectivity index (χ2v) is 10.8. The second-order valence-electron chi connectivity index (χ2n) is 9.60. The number of aromatic nitrogens is 3. The van der Waals surface area contributed by atoms with Gasteiger partial charge in [0.25, 0.3) is 0 Å². The fourth-order valence-corrected chi connectivity index (χ4v) is 5.88. The van der Waals surface area contributed by atoms with Crippen LogP contribution in [0.2, 0.25) is 0 Å². The predicted molar refractivity (Wildman–Crippen MR) is 150 cm³/mol. The molecule has 2 aromatic carbocycles. The maximum Gasteiger partial charge on any atom is 0.308 e. The van der Waals surface area contributed by atoms with Crippen LogP contribution in [-0.2, 0) is 16.0 Å². The number of carboxylic acid groups (broad SMARTS) is 1. The van der Waals surface area contributed by atoms with Crippen LogP contribution in [0.3, 0.4) is 0 Å². The number of carbonyl (C=O) groups excluding carboxylic acids is 1. The Bertz CT molecular complexity index is 1590. The number of rotatable bonds is 7. The molecule has 0 radical (unpaired) electrons. The van der Waals surface area contributed by atoms with E-state index in [9.17, 15) is 14.7 Å². The smallest absolute Gasteiger partial charge is 0.308 e. The van der Waals surface area contributed by atoms with Gasteiger partial charge in [-0.05, 0) is 63.1 Å². The summed E-state index contributed by atoms with van der Waals surface area (Å²) in [5.41, 5.74) is 5.09. The van der Waals surface area contributed by atoms with Crippen LogP contribution in [0, 0.1) is 26.7 Å². The largest absolute Gasteiger partial charge is 0.497 e. The summed E-state index contributed by atoms with van der Waals surface area (Å²) in [6.07, 6.45) is 0.239. The molecule has 0 saturated heterocycles. The zero-order valence-electron chi connectivity index (χ0n) is 22.3. The van der Waals surface area contributed by atoms with Gasteiger partial charge >= 0.3 is 5.97 Å². The van der Waals surface area contributed by atoms with Crippen LogP contribution in [0.1, 0.15) is 51.7 Å². The number of methoxy groups -OCH3 is 1. The van der Waals surface area contributed by atoms with Gasteiger partial charge < -0.3 is 15.2 Å². The first-order chi connectivity index (χ1) is 18.7. The highest BCUT2D eigenvalue weighted by molar-refractivity contribution is 7.15. The number of nitrogens with zero attached hydrogens (tertiary/aromatic N) is 4. The van der Waals surface area contributed by atoms with Crippen molar-refractivity contribution in [2.45, 2.75) is 40.2 Å². The molecular formula is C29H29N5O4S. The van der Waals surface area contributed by atoms with Gasteiger partial charge in [0.2, 0.25) is 5.91 Å². The maximum atomic E-state index is 12.7. The van der Waals surface area contributed by atoms with E-state index in [1.165, 1.54) is 0 Å². The second kappa shape index (κ2) is 10.5. The van der Waals surface area contributed by atoms with E-state index in [1.54, 1.807) is 25.4 Å². The van der Waals surface area contributed by atoms with Crippen LogP contribution >= 0.6 is 11.3 Å². The third-order valence-corrected chi connectivity index (χ3v) is 8.21. The minimum atomic E-state index is -0.955. The van der Waals surface area contributed by atoms with Gasteiger partial charge in [-0.3, -0.25) is 19.1 Å². The maximum absolute atomic E-state index is 12.7. The number of nitrogens with one attached hydrogen (secondary N) is 1. The number of ether oxygens (including phenoxy) is 1. The highest BCUT2D eigenvalue weighted by atomic mass is 32.1. The molecule has 0 spiro atoms. The number of hydrogen-bond donors (Lipinski definition) is 2. The van der Waals surface area contributed by atoms with E-state index in [1.807, 2.05) is 66.9 Å². The molecule has 0 aliphatic carbocycles. The van der Waals surface area contributed by atoms with Gasteiger partial charge in [-0.1, -0.05) is 24.3 Å². The van der Waals surface area contributed by atoms with Crippen LogP contribution in [0.4, 0.5) is 5.69 Å². The SMILES string of the molecule is COc1ccc(CC(=O)Nc2ccc(C3=N[C@@H](C(C)C(=O)O)c4nnc(C)n4-c4sc(C)c(C)c43)cc2)cc1. The quantitative estimate of drug-likeness (QED) is 0.337. The van der Waals surface area contributed by atoms with Crippen molar-refractivity contribution in [2.24, 2.45) is 10.9 Å². The summed E-state index contributed by atoms with van der Waals surface area (Å²) in [5.74, 6) is 0.0433. The number of benzene rings is 2. The van der Waals surface area contributed by atoms with Crippen molar-refractivity contribution >= 4 is 34.6 Å². The Balaban J connectivity index is 1.48. The zero-order chi connectivity index (χ0) is 27.8. The lowest BCUT2D eigenvalue weighted by molar-refractivity contribution is -0.141. The summed E-state index contributed by atoms with van der Waals surface area (Å²) in [6, 6.07) is 14.1. The van der Waals surface area contributed by atoms with E-state index >= 15 is 0 Å². The Hall–Kier alpha value is -4.31. The van der Waals surface area contributed by atoms with E-state index in [2.05, 4.69) is 22.4 Å². The number of carbonyl (C=O) groups is 2. The van der Waals surface area contributed by atoms with Gasteiger partial charge in [0, 0.05) is 21.7 Å². The van der Waals surface area contributed by atoms with Crippen molar-refractivity contribution in [2.75, 3.05) is 12.4 Å². The summed E-state index contributed by atoms with van der Waals surface area (Å²) >= 11 is 1.62. The standard InChI is InChI=1S/C29H29N5O4S/c1-15-17(3)39-28-24(15)26(31-25(16(2)29(36)37)27-33-32-18(4)34(27)28)20-8-10-21(11-9-20)30-23(35)14-19-6-12-22(38-5)13-7-19/h6-13,16,25H,14H2,1-5H3,(H,30,35)(H,36,37)/t16?,25-/m0/s1. The molecule has 1 aliphatic rings. The first-order valence-corrected chi connectivity index (χ1v) is 13.4. The number of amides is 1. The molecule has 2 N–H and O–H groups in total. The minimum absolute atomic E-state index is 0.130. The number of aliphatic imine (C=N–C) groups is 1.